The summed E-state index contributed by atoms with van der Waals surface area (Å²) in [7, 11) is 0. The summed E-state index contributed by atoms with van der Waals surface area (Å²) < 4.78 is 11.6. The Bertz CT molecular complexity index is 1000. The molecule has 29 heavy (non-hydrogen) atoms. The molecule has 2 aromatic carbocycles. The number of thioether (sulfide) groups is 1. The van der Waals surface area contributed by atoms with Crippen LogP contribution in [0.5, 0.6) is 11.5 Å². The summed E-state index contributed by atoms with van der Waals surface area (Å²) in [5, 5.41) is 18.5. The van der Waals surface area contributed by atoms with E-state index < -0.39 is 5.97 Å². The van der Waals surface area contributed by atoms with Crippen molar-refractivity contribution < 1.29 is 19.4 Å². The molecule has 0 unspecified atom stereocenters. The summed E-state index contributed by atoms with van der Waals surface area (Å²) in [6, 6.07) is 15.1. The van der Waals surface area contributed by atoms with Crippen LogP contribution in [0.3, 0.4) is 0 Å². The molecule has 8 heteroatoms. The molecule has 1 N–H and O–H groups in total. The summed E-state index contributed by atoms with van der Waals surface area (Å²) in [6.07, 6.45) is 1.50. The lowest BCUT2D eigenvalue weighted by molar-refractivity contribution is -0.298. The van der Waals surface area contributed by atoms with Crippen LogP contribution < -0.4 is 14.6 Å². The van der Waals surface area contributed by atoms with Gasteiger partial charge in [-0.15, -0.1) is 5.10 Å². The van der Waals surface area contributed by atoms with E-state index in [1.807, 2.05) is 37.3 Å². The van der Waals surface area contributed by atoms with E-state index in [0.29, 0.717) is 41.3 Å². The van der Waals surface area contributed by atoms with Crippen LogP contribution in [0.2, 0.25) is 0 Å². The summed E-state index contributed by atoms with van der Waals surface area (Å²) in [5.74, 6) is 0.414. The first-order valence-electron chi connectivity index (χ1n) is 8.98. The Hall–Kier alpha value is -3.26. The number of H-pyrrole nitrogens is 1. The molecule has 0 atom stereocenters. The highest BCUT2D eigenvalue weighted by Gasteiger charge is 2.10. The molecule has 0 amide bonds. The molecule has 1 aromatic heterocycles. The summed E-state index contributed by atoms with van der Waals surface area (Å²) in [4.78, 5) is 15.6. The Morgan fingerprint density at radius 3 is 2.62 bits per heavy atom. The van der Waals surface area contributed by atoms with Crippen LogP contribution in [0.25, 0.3) is 6.08 Å². The van der Waals surface area contributed by atoms with Crippen molar-refractivity contribution >= 4 is 23.8 Å². The van der Waals surface area contributed by atoms with Gasteiger partial charge in [-0.1, -0.05) is 36.4 Å². The number of aromatic nitrogens is 3. The number of rotatable bonds is 9. The maximum Gasteiger partial charge on any atom is 0.213 e. The lowest BCUT2D eigenvalue weighted by Crippen LogP contribution is -2.23. The number of aryl methyl sites for hydroxylation is 1. The van der Waals surface area contributed by atoms with E-state index in [-0.39, 0.29) is 4.91 Å². The Morgan fingerprint density at radius 1 is 1.17 bits per heavy atom. The van der Waals surface area contributed by atoms with Crippen molar-refractivity contribution in [1.82, 2.24) is 15.2 Å². The van der Waals surface area contributed by atoms with Crippen molar-refractivity contribution in [2.24, 2.45) is 0 Å². The highest BCUT2D eigenvalue weighted by atomic mass is 32.2. The highest BCUT2D eigenvalue weighted by Crippen LogP contribution is 2.32. The van der Waals surface area contributed by atoms with E-state index in [9.17, 15) is 9.90 Å². The fourth-order valence-corrected chi connectivity index (χ4v) is 3.23. The van der Waals surface area contributed by atoms with E-state index in [1.54, 1.807) is 25.1 Å². The Balaban J connectivity index is 1.81. The zero-order valence-corrected chi connectivity index (χ0v) is 16.9. The third-order valence-electron chi connectivity index (χ3n) is 3.78. The van der Waals surface area contributed by atoms with Gasteiger partial charge >= 0.3 is 0 Å². The van der Waals surface area contributed by atoms with Gasteiger partial charge in [-0.2, -0.15) is 0 Å². The zero-order chi connectivity index (χ0) is 20.6. The van der Waals surface area contributed by atoms with Crippen LogP contribution in [0.1, 0.15) is 23.9 Å². The summed E-state index contributed by atoms with van der Waals surface area (Å²) in [6.45, 7) is 4.47. The van der Waals surface area contributed by atoms with Crippen LogP contribution in [0, 0.1) is 6.92 Å². The SMILES string of the molecule is CCOc1cc(/C=C(\Sc2n[nH]c(C)n2)C(=O)[O-])ccc1OCc1ccccc1. The van der Waals surface area contributed by atoms with Crippen molar-refractivity contribution in [3.05, 3.63) is 70.4 Å². The van der Waals surface area contributed by atoms with Gasteiger partial charge in [-0.25, -0.2) is 4.98 Å². The molecule has 0 spiro atoms. The average molecular weight is 410 g/mol. The molecular formula is C21H20N3O4S-. The Labute approximate surface area is 172 Å². The summed E-state index contributed by atoms with van der Waals surface area (Å²) >= 11 is 0.917. The second kappa shape index (κ2) is 9.79. The number of nitrogens with one attached hydrogen (secondary N) is 1. The fourth-order valence-electron chi connectivity index (χ4n) is 2.48. The standard InChI is InChI=1S/C21H21N3O4S/c1-3-27-18-11-16(9-10-17(18)28-13-15-7-5-4-6-8-15)12-19(20(25)26)29-21-22-14(2)23-24-21/h4-12H,3,13H2,1-2H3,(H,25,26)(H,22,23,24)/p-1/b19-12-. The first-order chi connectivity index (χ1) is 14.0. The second-order valence-corrected chi connectivity index (χ2v) is 7.02. The smallest absolute Gasteiger partial charge is 0.213 e. The number of carboxylic acids is 1. The van der Waals surface area contributed by atoms with E-state index in [2.05, 4.69) is 15.2 Å². The maximum absolute atomic E-state index is 11.5. The van der Waals surface area contributed by atoms with Crippen molar-refractivity contribution in [3.63, 3.8) is 0 Å². The lowest BCUT2D eigenvalue weighted by Gasteiger charge is -2.13. The molecule has 0 fully saturated rings. The number of hydrogen-bond acceptors (Lipinski definition) is 7. The van der Waals surface area contributed by atoms with Crippen LogP contribution in [-0.4, -0.2) is 27.8 Å². The van der Waals surface area contributed by atoms with Crippen molar-refractivity contribution in [2.45, 2.75) is 25.6 Å². The zero-order valence-electron chi connectivity index (χ0n) is 16.0. The predicted molar refractivity (Wildman–Crippen MR) is 108 cm³/mol. The van der Waals surface area contributed by atoms with Crippen LogP contribution in [-0.2, 0) is 11.4 Å². The topological polar surface area (TPSA) is 100 Å². The summed E-state index contributed by atoms with van der Waals surface area (Å²) in [5.41, 5.74) is 1.68. The molecule has 0 saturated heterocycles. The van der Waals surface area contributed by atoms with Gasteiger partial charge in [0.05, 0.1) is 12.6 Å². The van der Waals surface area contributed by atoms with Gasteiger partial charge in [-0.05, 0) is 54.9 Å². The third kappa shape index (κ3) is 5.86. The number of aromatic amines is 1. The molecular weight excluding hydrogens is 390 g/mol. The average Bonchev–Trinajstić information content (AvgIpc) is 3.12. The largest absolute Gasteiger partial charge is 0.544 e. The quantitative estimate of drug-likeness (QED) is 0.427. The van der Waals surface area contributed by atoms with Crippen LogP contribution >= 0.6 is 11.8 Å². The van der Waals surface area contributed by atoms with Gasteiger partial charge in [0.15, 0.2) is 11.5 Å². The van der Waals surface area contributed by atoms with Gasteiger partial charge in [-0.3, -0.25) is 5.10 Å². The second-order valence-electron chi connectivity index (χ2n) is 6.01. The van der Waals surface area contributed by atoms with E-state index in [0.717, 1.165) is 17.3 Å². The van der Waals surface area contributed by atoms with Crippen LogP contribution in [0.15, 0.2) is 58.6 Å². The molecule has 0 aliphatic heterocycles. The monoisotopic (exact) mass is 410 g/mol. The third-order valence-corrected chi connectivity index (χ3v) is 4.65. The number of hydrogen-bond donors (Lipinski definition) is 1. The number of carbonyl (C=O) groups excluding carboxylic acids is 1. The number of ether oxygens (including phenoxy) is 2. The minimum atomic E-state index is -1.31. The first kappa shape index (κ1) is 20.5. The number of benzene rings is 2. The molecule has 150 valence electrons. The van der Waals surface area contributed by atoms with Gasteiger partial charge in [0.2, 0.25) is 5.16 Å². The maximum atomic E-state index is 11.5. The van der Waals surface area contributed by atoms with Gasteiger partial charge in [0.25, 0.3) is 0 Å². The number of carboxylic acid groups (broad SMARTS) is 1. The molecule has 7 nitrogen and oxygen atoms in total. The molecule has 0 radical (unpaired) electrons. The fraction of sp³-hybridized carbons (Fsp3) is 0.190. The van der Waals surface area contributed by atoms with Gasteiger partial charge in [0.1, 0.15) is 12.4 Å². The van der Waals surface area contributed by atoms with Gasteiger partial charge < -0.3 is 19.4 Å². The van der Waals surface area contributed by atoms with Crippen molar-refractivity contribution in [1.29, 1.82) is 0 Å². The number of aliphatic carboxylic acids is 1. The number of nitrogens with zero attached hydrogens (tertiary/aromatic N) is 2. The molecule has 0 aliphatic carbocycles. The van der Waals surface area contributed by atoms with Crippen molar-refractivity contribution in [2.75, 3.05) is 6.61 Å². The predicted octanol–water partition coefficient (Wildman–Crippen LogP) is 2.97. The highest BCUT2D eigenvalue weighted by molar-refractivity contribution is 8.04. The van der Waals surface area contributed by atoms with Crippen LogP contribution in [0.4, 0.5) is 0 Å². The molecule has 3 aromatic rings. The molecule has 3 rings (SSSR count). The van der Waals surface area contributed by atoms with E-state index in [4.69, 9.17) is 9.47 Å². The molecule has 0 bridgehead atoms. The van der Waals surface area contributed by atoms with E-state index in [1.165, 1.54) is 6.08 Å². The van der Waals surface area contributed by atoms with Crippen molar-refractivity contribution in [3.8, 4) is 11.5 Å². The lowest BCUT2D eigenvalue weighted by atomic mass is 10.2. The van der Waals surface area contributed by atoms with Gasteiger partial charge in [0, 0.05) is 4.91 Å². The molecule has 0 aliphatic rings. The normalized spacial score (nSPS) is 11.3. The Kier molecular flexibility index (Phi) is 6.91. The minimum absolute atomic E-state index is 0.00981. The van der Waals surface area contributed by atoms with E-state index >= 15 is 0 Å². The minimum Gasteiger partial charge on any atom is -0.544 e. The molecule has 0 saturated carbocycles. The number of carbonyl (C=O) groups is 1. The molecule has 1 heterocycles. The Morgan fingerprint density at radius 2 is 1.97 bits per heavy atom. The first-order valence-corrected chi connectivity index (χ1v) is 9.80.